The maximum absolute atomic E-state index is 12.1. The van der Waals surface area contributed by atoms with Gasteiger partial charge in [-0.15, -0.1) is 0 Å². The molecule has 0 amide bonds. The third-order valence-electron chi connectivity index (χ3n) is 2.77. The van der Waals surface area contributed by atoms with Crippen LogP contribution in [0, 0.1) is 0 Å². The van der Waals surface area contributed by atoms with Gasteiger partial charge in [-0.1, -0.05) is 0 Å². The number of sulfonamides is 1. The third kappa shape index (κ3) is 3.62. The minimum Gasteiger partial charge on any atom is -0.349 e. The van der Waals surface area contributed by atoms with Crippen molar-refractivity contribution >= 4 is 10.0 Å². The highest BCUT2D eigenvalue weighted by molar-refractivity contribution is 7.89. The van der Waals surface area contributed by atoms with Crippen LogP contribution in [-0.2, 0) is 23.0 Å². The lowest BCUT2D eigenvalue weighted by atomic mass is 10.3. The minimum absolute atomic E-state index is 0.0868. The van der Waals surface area contributed by atoms with E-state index >= 15 is 0 Å². The van der Waals surface area contributed by atoms with Gasteiger partial charge in [0.1, 0.15) is 10.7 Å². The van der Waals surface area contributed by atoms with Crippen LogP contribution in [0.1, 0.15) is 17.9 Å². The number of imidazole rings is 1. The number of nitrogens with zero attached hydrogens (tertiary/aromatic N) is 2. The van der Waals surface area contributed by atoms with E-state index in [0.717, 1.165) is 5.82 Å². The van der Waals surface area contributed by atoms with E-state index in [1.54, 1.807) is 18.5 Å². The molecule has 0 saturated heterocycles. The fraction of sp³-hybridized carbons (Fsp3) is 0.333. The van der Waals surface area contributed by atoms with Crippen molar-refractivity contribution in [1.29, 1.82) is 0 Å². The van der Waals surface area contributed by atoms with Crippen LogP contribution in [0.4, 0.5) is 0 Å². The summed E-state index contributed by atoms with van der Waals surface area (Å²) < 4.78 is 26.8. The van der Waals surface area contributed by atoms with Crippen LogP contribution in [0.2, 0.25) is 0 Å². The molecule has 7 nitrogen and oxygen atoms in total. The van der Waals surface area contributed by atoms with Crippen molar-refractivity contribution in [3.8, 4) is 0 Å². The van der Waals surface area contributed by atoms with E-state index in [-0.39, 0.29) is 11.4 Å². The first-order chi connectivity index (χ1) is 9.63. The Bertz CT molecular complexity index is 640. The smallest absolute Gasteiger partial charge is 0.242 e. The molecule has 0 aromatic carbocycles. The molecule has 0 aliphatic heterocycles. The highest BCUT2D eigenvalue weighted by Gasteiger charge is 2.17. The topological polar surface area (TPSA) is 114 Å². The number of nitrogens with two attached hydrogens (primary N) is 1. The third-order valence-corrected chi connectivity index (χ3v) is 4.30. The Labute approximate surface area is 117 Å². The summed E-state index contributed by atoms with van der Waals surface area (Å²) in [6.45, 7) is 0.422. The van der Waals surface area contributed by atoms with Crippen molar-refractivity contribution in [1.82, 2.24) is 19.7 Å². The standard InChI is InChI=1S/C12H17N5O2S/c13-9-10-11(3-1-5-14-10)20(18,19)17-6-2-4-12-15-7-8-16-12/h1,3,5,7-8,17H,2,4,6,9,13H2,(H,15,16). The number of hydrogen-bond donors (Lipinski definition) is 3. The Kier molecular flexibility index (Phi) is 4.83. The quantitative estimate of drug-likeness (QED) is 0.630. The highest BCUT2D eigenvalue weighted by Crippen LogP contribution is 2.12. The Hall–Kier alpha value is -1.77. The average molecular weight is 295 g/mol. The summed E-state index contributed by atoms with van der Waals surface area (Å²) in [4.78, 5) is 11.2. The maximum atomic E-state index is 12.1. The molecule has 2 rings (SSSR count). The Morgan fingerprint density at radius 1 is 1.30 bits per heavy atom. The van der Waals surface area contributed by atoms with Crippen LogP contribution in [0.15, 0.2) is 35.6 Å². The monoisotopic (exact) mass is 295 g/mol. The SMILES string of the molecule is NCc1ncccc1S(=O)(=O)NCCCc1ncc[nH]1. The van der Waals surface area contributed by atoms with Gasteiger partial charge in [-0.25, -0.2) is 18.1 Å². The van der Waals surface area contributed by atoms with Gasteiger partial charge in [0, 0.05) is 38.1 Å². The Balaban J connectivity index is 1.94. The second kappa shape index (κ2) is 6.60. The normalized spacial score (nSPS) is 11.7. The lowest BCUT2D eigenvalue weighted by molar-refractivity contribution is 0.576. The second-order valence-electron chi connectivity index (χ2n) is 4.19. The first-order valence-electron chi connectivity index (χ1n) is 6.25. The molecule has 108 valence electrons. The number of nitrogens with one attached hydrogen (secondary N) is 2. The molecule has 2 heterocycles. The van der Waals surface area contributed by atoms with E-state index in [9.17, 15) is 8.42 Å². The summed E-state index contributed by atoms with van der Waals surface area (Å²) >= 11 is 0. The molecule has 0 aliphatic rings. The van der Waals surface area contributed by atoms with Crippen LogP contribution in [0.3, 0.4) is 0 Å². The first-order valence-corrected chi connectivity index (χ1v) is 7.73. The minimum atomic E-state index is -3.57. The zero-order chi connectivity index (χ0) is 14.4. The number of H-pyrrole nitrogens is 1. The van der Waals surface area contributed by atoms with Crippen molar-refractivity contribution in [3.05, 3.63) is 42.2 Å². The molecule has 2 aromatic rings. The fourth-order valence-corrected chi connectivity index (χ4v) is 3.07. The van der Waals surface area contributed by atoms with E-state index in [2.05, 4.69) is 19.7 Å². The largest absolute Gasteiger partial charge is 0.349 e. The van der Waals surface area contributed by atoms with Crippen LogP contribution < -0.4 is 10.5 Å². The van der Waals surface area contributed by atoms with Crippen molar-refractivity contribution in [3.63, 3.8) is 0 Å². The van der Waals surface area contributed by atoms with Gasteiger partial charge in [0.25, 0.3) is 0 Å². The average Bonchev–Trinajstić information content (AvgIpc) is 2.97. The number of aromatic nitrogens is 3. The van der Waals surface area contributed by atoms with Gasteiger partial charge in [0.2, 0.25) is 10.0 Å². The Morgan fingerprint density at radius 2 is 2.15 bits per heavy atom. The van der Waals surface area contributed by atoms with Crippen LogP contribution in [-0.4, -0.2) is 29.9 Å². The second-order valence-corrected chi connectivity index (χ2v) is 5.92. The molecule has 0 unspecified atom stereocenters. The summed E-state index contributed by atoms with van der Waals surface area (Å²) in [5, 5.41) is 0. The molecule has 8 heteroatoms. The predicted molar refractivity (Wildman–Crippen MR) is 74.2 cm³/mol. The van der Waals surface area contributed by atoms with E-state index in [1.807, 2.05) is 0 Å². The molecule has 0 fully saturated rings. The van der Waals surface area contributed by atoms with Crippen LogP contribution in [0.25, 0.3) is 0 Å². The van der Waals surface area contributed by atoms with Gasteiger partial charge < -0.3 is 10.7 Å². The number of rotatable bonds is 7. The predicted octanol–water partition coefficient (Wildman–Crippen LogP) is 0.174. The van der Waals surface area contributed by atoms with E-state index in [1.165, 1.54) is 12.3 Å². The molecule has 0 bridgehead atoms. The molecule has 0 radical (unpaired) electrons. The lowest BCUT2D eigenvalue weighted by Gasteiger charge is -2.09. The van der Waals surface area contributed by atoms with E-state index in [0.29, 0.717) is 25.1 Å². The summed E-state index contributed by atoms with van der Waals surface area (Å²) in [5.74, 6) is 0.841. The number of aryl methyl sites for hydroxylation is 1. The number of aromatic amines is 1. The zero-order valence-electron chi connectivity index (χ0n) is 10.9. The van der Waals surface area contributed by atoms with Crippen molar-refractivity contribution in [2.75, 3.05) is 6.54 Å². The van der Waals surface area contributed by atoms with Crippen molar-refractivity contribution in [2.45, 2.75) is 24.3 Å². The highest BCUT2D eigenvalue weighted by atomic mass is 32.2. The summed E-state index contributed by atoms with van der Waals surface area (Å²) in [7, 11) is -3.57. The zero-order valence-corrected chi connectivity index (χ0v) is 11.7. The molecular weight excluding hydrogens is 278 g/mol. The summed E-state index contributed by atoms with van der Waals surface area (Å²) in [6.07, 6.45) is 6.28. The fourth-order valence-electron chi connectivity index (χ4n) is 1.80. The lowest BCUT2D eigenvalue weighted by Crippen LogP contribution is -2.27. The number of hydrogen-bond acceptors (Lipinski definition) is 5. The van der Waals surface area contributed by atoms with E-state index < -0.39 is 10.0 Å². The summed E-state index contributed by atoms with van der Waals surface area (Å²) in [6, 6.07) is 3.08. The summed E-state index contributed by atoms with van der Waals surface area (Å²) in [5.41, 5.74) is 5.87. The Morgan fingerprint density at radius 3 is 2.85 bits per heavy atom. The maximum Gasteiger partial charge on any atom is 0.242 e. The van der Waals surface area contributed by atoms with Gasteiger partial charge in [0.15, 0.2) is 0 Å². The van der Waals surface area contributed by atoms with Crippen molar-refractivity contribution in [2.24, 2.45) is 5.73 Å². The van der Waals surface area contributed by atoms with E-state index in [4.69, 9.17) is 5.73 Å². The molecule has 4 N–H and O–H groups in total. The van der Waals surface area contributed by atoms with Crippen molar-refractivity contribution < 1.29 is 8.42 Å². The van der Waals surface area contributed by atoms with Gasteiger partial charge in [-0.3, -0.25) is 4.98 Å². The van der Waals surface area contributed by atoms with Gasteiger partial charge in [-0.2, -0.15) is 0 Å². The first kappa shape index (κ1) is 14.6. The van der Waals surface area contributed by atoms with Crippen LogP contribution in [0.5, 0.6) is 0 Å². The molecule has 20 heavy (non-hydrogen) atoms. The van der Waals surface area contributed by atoms with Gasteiger partial charge >= 0.3 is 0 Å². The number of pyridine rings is 1. The van der Waals surface area contributed by atoms with Crippen LogP contribution >= 0.6 is 0 Å². The van der Waals surface area contributed by atoms with Gasteiger partial charge in [0.05, 0.1) is 5.69 Å². The molecule has 0 saturated carbocycles. The van der Waals surface area contributed by atoms with Gasteiger partial charge in [-0.05, 0) is 18.6 Å². The molecule has 2 aromatic heterocycles. The molecule has 0 aliphatic carbocycles. The molecule has 0 spiro atoms. The molecule has 0 atom stereocenters. The molecular formula is C12H17N5O2S.